The van der Waals surface area contributed by atoms with Gasteiger partial charge in [-0.1, -0.05) is 36.4 Å². The summed E-state index contributed by atoms with van der Waals surface area (Å²) in [5.41, 5.74) is 4.10. The Kier molecular flexibility index (Phi) is 6.77. The zero-order valence-corrected chi connectivity index (χ0v) is 21.6. The molecule has 0 fully saturated rings. The molecule has 0 aliphatic rings. The standard InChI is InChI=1S/C29H26N8O3/c1-2-37-25-14-19(11-12-20(25)27(39)36-37)32-26-15-23(33-24(17-38)18-8-4-3-5-9-18)21(16-31-26)28-34-35-29(40-28)22-10-6-7-13-30-22/h3-16,24,38H,2,17H2,1H3,(H,36,39)(H2,31,32,33)/t24-/m1/s1. The molecule has 0 unspecified atom stereocenters. The number of anilines is 3. The first-order valence-corrected chi connectivity index (χ1v) is 12.8. The van der Waals surface area contributed by atoms with Crippen molar-refractivity contribution in [1.29, 1.82) is 0 Å². The quantitative estimate of drug-likeness (QED) is 0.206. The third-order valence-electron chi connectivity index (χ3n) is 6.52. The first-order valence-electron chi connectivity index (χ1n) is 12.8. The van der Waals surface area contributed by atoms with E-state index in [0.717, 1.165) is 16.8 Å². The van der Waals surface area contributed by atoms with E-state index >= 15 is 0 Å². The second kappa shape index (κ2) is 10.8. The van der Waals surface area contributed by atoms with Crippen LogP contribution < -0.4 is 16.2 Å². The number of aromatic amines is 1. The number of aryl methyl sites for hydroxylation is 1. The van der Waals surface area contributed by atoms with Gasteiger partial charge in [0, 0.05) is 30.7 Å². The van der Waals surface area contributed by atoms with Crippen LogP contribution in [0.15, 0.2) is 94.4 Å². The van der Waals surface area contributed by atoms with Gasteiger partial charge in [0.15, 0.2) is 0 Å². The summed E-state index contributed by atoms with van der Waals surface area (Å²) in [5.74, 6) is 1.08. The van der Waals surface area contributed by atoms with Crippen molar-refractivity contribution in [2.75, 3.05) is 17.2 Å². The molecule has 0 aliphatic carbocycles. The van der Waals surface area contributed by atoms with Crippen LogP contribution >= 0.6 is 0 Å². The molecular formula is C29H26N8O3. The number of hydrogen-bond acceptors (Lipinski definition) is 9. The fourth-order valence-electron chi connectivity index (χ4n) is 4.51. The smallest absolute Gasteiger partial charge is 0.271 e. The third-order valence-corrected chi connectivity index (χ3v) is 6.52. The number of rotatable bonds is 9. The van der Waals surface area contributed by atoms with Gasteiger partial charge in [-0.05, 0) is 42.8 Å². The molecule has 0 amide bonds. The monoisotopic (exact) mass is 534 g/mol. The first-order chi connectivity index (χ1) is 19.6. The lowest BCUT2D eigenvalue weighted by Crippen LogP contribution is -2.15. The van der Waals surface area contributed by atoms with Gasteiger partial charge in [-0.2, -0.15) is 0 Å². The Bertz CT molecular complexity index is 1810. The van der Waals surface area contributed by atoms with Gasteiger partial charge in [0.25, 0.3) is 17.3 Å². The maximum atomic E-state index is 12.2. The summed E-state index contributed by atoms with van der Waals surface area (Å²) in [7, 11) is 0. The van der Waals surface area contributed by atoms with E-state index in [0.29, 0.717) is 34.7 Å². The number of aliphatic hydroxyl groups excluding tert-OH is 1. The molecule has 0 aliphatic heterocycles. The van der Waals surface area contributed by atoms with Gasteiger partial charge in [-0.15, -0.1) is 10.2 Å². The van der Waals surface area contributed by atoms with Crippen LogP contribution in [0.25, 0.3) is 33.9 Å². The fourth-order valence-corrected chi connectivity index (χ4v) is 4.51. The Labute approximate surface area is 228 Å². The van der Waals surface area contributed by atoms with Gasteiger partial charge in [-0.3, -0.25) is 19.6 Å². The number of H-pyrrole nitrogens is 1. The lowest BCUT2D eigenvalue weighted by molar-refractivity contribution is 0.276. The SMILES string of the molecule is CCn1[nH]c(=O)c2ccc(Nc3cc(N[C@H](CO)c4ccccc4)c(-c4nnc(-c5ccccn5)o4)cn3)cc21. The predicted octanol–water partition coefficient (Wildman–Crippen LogP) is 4.75. The van der Waals surface area contributed by atoms with E-state index in [1.807, 2.05) is 67.6 Å². The van der Waals surface area contributed by atoms with Crippen LogP contribution in [-0.2, 0) is 6.54 Å². The van der Waals surface area contributed by atoms with Crippen LogP contribution in [0.4, 0.5) is 17.2 Å². The second-order valence-electron chi connectivity index (χ2n) is 9.07. The van der Waals surface area contributed by atoms with Crippen molar-refractivity contribution < 1.29 is 9.52 Å². The van der Waals surface area contributed by atoms with Crippen LogP contribution in [0.1, 0.15) is 18.5 Å². The molecule has 4 N–H and O–H groups in total. The summed E-state index contributed by atoms with van der Waals surface area (Å²) in [6.07, 6.45) is 3.29. The van der Waals surface area contributed by atoms with E-state index in [2.05, 4.69) is 35.9 Å². The number of benzene rings is 2. The summed E-state index contributed by atoms with van der Waals surface area (Å²) in [4.78, 5) is 21.1. The Morgan fingerprint density at radius 1 is 1.00 bits per heavy atom. The fraction of sp³-hybridized carbons (Fsp3) is 0.138. The molecule has 40 heavy (non-hydrogen) atoms. The highest BCUT2D eigenvalue weighted by Gasteiger charge is 2.19. The zero-order chi connectivity index (χ0) is 27.5. The summed E-state index contributed by atoms with van der Waals surface area (Å²) in [6.45, 7) is 2.46. The summed E-state index contributed by atoms with van der Waals surface area (Å²) < 4.78 is 7.77. The lowest BCUT2D eigenvalue weighted by Gasteiger charge is -2.20. The van der Waals surface area contributed by atoms with Crippen LogP contribution in [-0.4, -0.2) is 41.7 Å². The highest BCUT2D eigenvalue weighted by molar-refractivity contribution is 5.84. The van der Waals surface area contributed by atoms with Crippen molar-refractivity contribution in [1.82, 2.24) is 29.9 Å². The van der Waals surface area contributed by atoms with E-state index in [1.165, 1.54) is 0 Å². The van der Waals surface area contributed by atoms with Gasteiger partial charge >= 0.3 is 0 Å². The Hall–Kier alpha value is -5.29. The summed E-state index contributed by atoms with van der Waals surface area (Å²) in [5, 5.41) is 28.8. The number of aliphatic hydroxyl groups is 1. The van der Waals surface area contributed by atoms with E-state index < -0.39 is 6.04 Å². The average Bonchev–Trinajstić information content (AvgIpc) is 3.61. The molecule has 0 spiro atoms. The van der Waals surface area contributed by atoms with E-state index in [1.54, 1.807) is 29.2 Å². The second-order valence-corrected chi connectivity index (χ2v) is 9.07. The minimum atomic E-state index is -0.399. The highest BCUT2D eigenvalue weighted by atomic mass is 16.4. The molecule has 4 heterocycles. The molecule has 6 aromatic rings. The topological polar surface area (TPSA) is 147 Å². The molecule has 0 radical (unpaired) electrons. The average molecular weight is 535 g/mol. The van der Waals surface area contributed by atoms with Crippen molar-refractivity contribution in [2.45, 2.75) is 19.5 Å². The Morgan fingerprint density at radius 3 is 2.60 bits per heavy atom. The number of hydrogen-bond donors (Lipinski definition) is 4. The molecule has 200 valence electrons. The van der Waals surface area contributed by atoms with E-state index in [9.17, 15) is 9.90 Å². The van der Waals surface area contributed by atoms with Crippen molar-refractivity contribution in [3.63, 3.8) is 0 Å². The van der Waals surface area contributed by atoms with Gasteiger partial charge in [0.2, 0.25) is 0 Å². The number of fused-ring (bicyclic) bond motifs is 1. The molecule has 11 nitrogen and oxygen atoms in total. The number of pyridine rings is 2. The minimum absolute atomic E-state index is 0.127. The van der Waals surface area contributed by atoms with Crippen LogP contribution in [0.5, 0.6) is 0 Å². The molecule has 0 bridgehead atoms. The molecule has 4 aromatic heterocycles. The van der Waals surface area contributed by atoms with Gasteiger partial charge in [0.05, 0.1) is 34.8 Å². The zero-order valence-electron chi connectivity index (χ0n) is 21.6. The van der Waals surface area contributed by atoms with Crippen LogP contribution in [0, 0.1) is 0 Å². The van der Waals surface area contributed by atoms with Crippen molar-refractivity contribution in [3.8, 4) is 23.0 Å². The lowest BCUT2D eigenvalue weighted by atomic mass is 10.1. The molecule has 6 rings (SSSR count). The molecule has 11 heteroatoms. The van der Waals surface area contributed by atoms with E-state index in [4.69, 9.17) is 4.42 Å². The molecule has 0 saturated carbocycles. The van der Waals surface area contributed by atoms with Gasteiger partial charge in [-0.25, -0.2) is 4.98 Å². The Morgan fingerprint density at radius 2 is 1.82 bits per heavy atom. The van der Waals surface area contributed by atoms with Crippen molar-refractivity contribution in [3.05, 3.63) is 101 Å². The van der Waals surface area contributed by atoms with E-state index in [-0.39, 0.29) is 23.9 Å². The normalized spacial score (nSPS) is 11.9. The molecule has 1 atom stereocenters. The molecule has 2 aromatic carbocycles. The summed E-state index contributed by atoms with van der Waals surface area (Å²) >= 11 is 0. The maximum Gasteiger partial charge on any atom is 0.271 e. The number of nitrogens with one attached hydrogen (secondary N) is 3. The van der Waals surface area contributed by atoms with Gasteiger partial charge in [0.1, 0.15) is 11.5 Å². The molecular weight excluding hydrogens is 508 g/mol. The number of aromatic nitrogens is 6. The minimum Gasteiger partial charge on any atom is -0.414 e. The maximum absolute atomic E-state index is 12.2. The first kappa shape index (κ1) is 25.0. The Balaban J connectivity index is 1.38. The highest BCUT2D eigenvalue weighted by Crippen LogP contribution is 2.33. The third kappa shape index (κ3) is 4.93. The van der Waals surface area contributed by atoms with Crippen LogP contribution in [0.2, 0.25) is 0 Å². The van der Waals surface area contributed by atoms with Gasteiger partial charge < -0.3 is 20.2 Å². The molecule has 0 saturated heterocycles. The largest absolute Gasteiger partial charge is 0.414 e. The predicted molar refractivity (Wildman–Crippen MR) is 152 cm³/mol. The van der Waals surface area contributed by atoms with Crippen molar-refractivity contribution in [2.24, 2.45) is 0 Å². The summed E-state index contributed by atoms with van der Waals surface area (Å²) in [6, 6.07) is 22.0. The van der Waals surface area contributed by atoms with Crippen LogP contribution in [0.3, 0.4) is 0 Å². The van der Waals surface area contributed by atoms with Crippen molar-refractivity contribution >= 4 is 28.1 Å². The number of nitrogens with zero attached hydrogens (tertiary/aromatic N) is 5.